The molecule has 0 saturated heterocycles. The van der Waals surface area contributed by atoms with Crippen LogP contribution in [0.3, 0.4) is 0 Å². The molecule has 114 valence electrons. The summed E-state index contributed by atoms with van der Waals surface area (Å²) in [6, 6.07) is 0.896. The smallest absolute Gasteiger partial charge is 0.356 e. The van der Waals surface area contributed by atoms with Crippen molar-refractivity contribution >= 4 is 11.8 Å². The van der Waals surface area contributed by atoms with Gasteiger partial charge >= 0.3 is 6.18 Å². The minimum Gasteiger partial charge on any atom is -0.356 e. The van der Waals surface area contributed by atoms with Gasteiger partial charge in [0.25, 0.3) is 0 Å². The molecule has 5 nitrogen and oxygen atoms in total. The summed E-state index contributed by atoms with van der Waals surface area (Å²) < 4.78 is 38.4. The summed E-state index contributed by atoms with van der Waals surface area (Å²) in [4.78, 5) is 8.99. The van der Waals surface area contributed by atoms with Crippen LogP contribution in [-0.2, 0) is 6.18 Å². The van der Waals surface area contributed by atoms with Crippen LogP contribution in [0.4, 0.5) is 24.9 Å². The van der Waals surface area contributed by atoms with Crippen molar-refractivity contribution in [2.75, 3.05) is 17.4 Å². The molecule has 1 aromatic rings. The lowest BCUT2D eigenvalue weighted by molar-refractivity contribution is -0.141. The second-order valence-electron chi connectivity index (χ2n) is 5.73. The molecule has 0 spiro atoms. The van der Waals surface area contributed by atoms with E-state index in [0.29, 0.717) is 0 Å². The third-order valence-electron chi connectivity index (χ3n) is 3.33. The fourth-order valence-corrected chi connectivity index (χ4v) is 1.60. The summed E-state index contributed by atoms with van der Waals surface area (Å²) >= 11 is 0. The monoisotopic (exact) mass is 291 g/mol. The number of rotatable bonds is 3. The Morgan fingerprint density at radius 3 is 2.20 bits per heavy atom. The van der Waals surface area contributed by atoms with Crippen LogP contribution in [-0.4, -0.2) is 23.1 Å². The Kier molecular flexibility index (Phi) is 4.48. The van der Waals surface area contributed by atoms with Gasteiger partial charge in [0.1, 0.15) is 5.82 Å². The van der Waals surface area contributed by atoms with Crippen LogP contribution in [0.2, 0.25) is 0 Å². The average Bonchev–Trinajstić information content (AvgIpc) is 2.34. The van der Waals surface area contributed by atoms with Crippen molar-refractivity contribution in [3.63, 3.8) is 0 Å². The summed E-state index contributed by atoms with van der Waals surface area (Å²) in [5, 5.41) is 0. The molecule has 0 radical (unpaired) electrons. The van der Waals surface area contributed by atoms with Crippen molar-refractivity contribution in [1.29, 1.82) is 0 Å². The van der Waals surface area contributed by atoms with Crippen molar-refractivity contribution in [3.8, 4) is 0 Å². The molecule has 20 heavy (non-hydrogen) atoms. The van der Waals surface area contributed by atoms with Crippen LogP contribution in [0, 0.1) is 5.41 Å². The Labute approximate surface area is 116 Å². The number of hydrogen-bond acceptors (Lipinski definition) is 5. The first-order valence-corrected chi connectivity index (χ1v) is 6.12. The van der Waals surface area contributed by atoms with Gasteiger partial charge in [-0.05, 0) is 12.3 Å². The molecule has 0 aliphatic rings. The summed E-state index contributed by atoms with van der Waals surface area (Å²) in [6.45, 7) is 7.93. The Morgan fingerprint density at radius 2 is 1.80 bits per heavy atom. The van der Waals surface area contributed by atoms with Gasteiger partial charge in [-0.3, -0.25) is 5.43 Å². The maximum atomic E-state index is 12.8. The van der Waals surface area contributed by atoms with Gasteiger partial charge in [0.05, 0.1) is 0 Å². The van der Waals surface area contributed by atoms with Gasteiger partial charge in [0.15, 0.2) is 5.69 Å². The summed E-state index contributed by atoms with van der Waals surface area (Å²) in [5.41, 5.74) is 0.922. The van der Waals surface area contributed by atoms with Crippen LogP contribution in [0.1, 0.15) is 33.4 Å². The predicted molar refractivity (Wildman–Crippen MR) is 72.2 cm³/mol. The van der Waals surface area contributed by atoms with E-state index in [4.69, 9.17) is 5.84 Å². The molecule has 0 aromatic carbocycles. The second kappa shape index (κ2) is 5.43. The van der Waals surface area contributed by atoms with Gasteiger partial charge in [-0.2, -0.15) is 18.2 Å². The molecule has 1 heterocycles. The summed E-state index contributed by atoms with van der Waals surface area (Å²) in [5.74, 6) is 5.04. The molecule has 8 heteroatoms. The van der Waals surface area contributed by atoms with Gasteiger partial charge < -0.3 is 4.90 Å². The fraction of sp³-hybridized carbons (Fsp3) is 0.667. The van der Waals surface area contributed by atoms with E-state index in [-0.39, 0.29) is 23.2 Å². The van der Waals surface area contributed by atoms with Crippen molar-refractivity contribution < 1.29 is 13.2 Å². The molecule has 1 rings (SSSR count). The normalized spacial score (nSPS) is 14.1. The largest absolute Gasteiger partial charge is 0.433 e. The molecule has 0 saturated carbocycles. The van der Waals surface area contributed by atoms with Gasteiger partial charge in [-0.25, -0.2) is 10.8 Å². The highest BCUT2D eigenvalue weighted by atomic mass is 19.4. The number of anilines is 2. The zero-order valence-electron chi connectivity index (χ0n) is 12.2. The zero-order chi connectivity index (χ0) is 15.7. The lowest BCUT2D eigenvalue weighted by atomic mass is 9.87. The van der Waals surface area contributed by atoms with E-state index in [2.05, 4.69) is 15.4 Å². The first-order chi connectivity index (χ1) is 8.96. The van der Waals surface area contributed by atoms with Crippen molar-refractivity contribution in [1.82, 2.24) is 9.97 Å². The number of nitrogens with two attached hydrogens (primary N) is 1. The van der Waals surface area contributed by atoms with E-state index in [0.717, 1.165) is 6.07 Å². The molecule has 1 atom stereocenters. The number of alkyl halides is 3. The molecule has 0 aliphatic heterocycles. The van der Waals surface area contributed by atoms with E-state index in [9.17, 15) is 13.2 Å². The molecular formula is C12H20F3N5. The topological polar surface area (TPSA) is 67.1 Å². The van der Waals surface area contributed by atoms with Gasteiger partial charge in [-0.15, -0.1) is 0 Å². The van der Waals surface area contributed by atoms with E-state index in [1.54, 1.807) is 11.9 Å². The van der Waals surface area contributed by atoms with E-state index >= 15 is 0 Å². The van der Waals surface area contributed by atoms with E-state index < -0.39 is 11.9 Å². The van der Waals surface area contributed by atoms with Crippen LogP contribution in [0.25, 0.3) is 0 Å². The number of halogens is 3. The Balaban J connectivity index is 3.24. The fourth-order valence-electron chi connectivity index (χ4n) is 1.60. The number of nitrogens with one attached hydrogen (secondary N) is 1. The Bertz CT molecular complexity index is 467. The maximum Gasteiger partial charge on any atom is 0.433 e. The highest BCUT2D eigenvalue weighted by Crippen LogP contribution is 2.32. The third kappa shape index (κ3) is 3.72. The predicted octanol–water partition coefficient (Wildman–Crippen LogP) is 2.65. The molecule has 0 aliphatic carbocycles. The molecule has 0 fully saturated rings. The molecule has 0 amide bonds. The zero-order valence-corrected chi connectivity index (χ0v) is 12.2. The Morgan fingerprint density at radius 1 is 1.25 bits per heavy atom. The number of hydrogen-bond donors (Lipinski definition) is 2. The highest BCUT2D eigenvalue weighted by molar-refractivity contribution is 5.45. The van der Waals surface area contributed by atoms with E-state index in [1.165, 1.54) is 0 Å². The van der Waals surface area contributed by atoms with Crippen LogP contribution < -0.4 is 16.2 Å². The van der Waals surface area contributed by atoms with Gasteiger partial charge in [0.2, 0.25) is 5.95 Å². The van der Waals surface area contributed by atoms with Crippen LogP contribution >= 0.6 is 0 Å². The van der Waals surface area contributed by atoms with Crippen molar-refractivity contribution in [3.05, 3.63) is 11.8 Å². The Hall–Kier alpha value is -1.57. The van der Waals surface area contributed by atoms with Gasteiger partial charge in [0, 0.05) is 19.2 Å². The highest BCUT2D eigenvalue weighted by Gasteiger charge is 2.35. The molecular weight excluding hydrogens is 271 g/mol. The SMILES string of the molecule is CC(N(C)c1cc(C(F)(F)F)nc(NN)n1)C(C)(C)C. The standard InChI is InChI=1S/C12H20F3N5/c1-7(11(2,3)4)20(5)9-6-8(12(13,14)15)17-10(18-9)19-16/h6-7H,16H2,1-5H3,(H,17,18,19). The summed E-state index contributed by atoms with van der Waals surface area (Å²) in [6.07, 6.45) is -4.55. The van der Waals surface area contributed by atoms with E-state index in [1.807, 2.05) is 27.7 Å². The first kappa shape index (κ1) is 16.5. The second-order valence-corrected chi connectivity index (χ2v) is 5.73. The minimum absolute atomic E-state index is 0.0240. The van der Waals surface area contributed by atoms with Crippen molar-refractivity contribution in [2.45, 2.75) is 39.9 Å². The van der Waals surface area contributed by atoms with Crippen LogP contribution in [0.15, 0.2) is 6.07 Å². The molecule has 3 N–H and O–H groups in total. The first-order valence-electron chi connectivity index (χ1n) is 6.12. The lowest BCUT2D eigenvalue weighted by Gasteiger charge is -2.36. The number of nitrogen functional groups attached to an aromatic ring is 1. The third-order valence-corrected chi connectivity index (χ3v) is 3.33. The molecule has 0 bridgehead atoms. The lowest BCUT2D eigenvalue weighted by Crippen LogP contribution is -2.40. The number of hydrazine groups is 1. The number of nitrogens with zero attached hydrogens (tertiary/aromatic N) is 3. The molecule has 1 aromatic heterocycles. The summed E-state index contributed by atoms with van der Waals surface area (Å²) in [7, 11) is 1.69. The maximum absolute atomic E-state index is 12.8. The van der Waals surface area contributed by atoms with Crippen molar-refractivity contribution in [2.24, 2.45) is 11.3 Å². The number of aromatic nitrogens is 2. The quantitative estimate of drug-likeness (QED) is 0.662. The van der Waals surface area contributed by atoms with Gasteiger partial charge in [-0.1, -0.05) is 20.8 Å². The van der Waals surface area contributed by atoms with Crippen LogP contribution in [0.5, 0.6) is 0 Å². The minimum atomic E-state index is -4.55. The average molecular weight is 291 g/mol. The molecule has 1 unspecified atom stereocenters.